The smallest absolute Gasteiger partial charge is 0.348 e. The van der Waals surface area contributed by atoms with Crippen LogP contribution in [-0.4, -0.2) is 46.9 Å². The second-order valence-electron chi connectivity index (χ2n) is 7.57. The summed E-state index contributed by atoms with van der Waals surface area (Å²) in [5.74, 6) is 0.800. The molecule has 1 aliphatic rings. The Balaban J connectivity index is 1.51. The number of nitrogens with zero attached hydrogens (tertiary/aromatic N) is 7. The zero-order valence-corrected chi connectivity index (χ0v) is 16.6. The van der Waals surface area contributed by atoms with Crippen molar-refractivity contribution in [2.24, 2.45) is 0 Å². The van der Waals surface area contributed by atoms with Crippen LogP contribution in [0.3, 0.4) is 0 Å². The van der Waals surface area contributed by atoms with Crippen molar-refractivity contribution in [3.8, 4) is 11.4 Å². The van der Waals surface area contributed by atoms with Gasteiger partial charge in [-0.05, 0) is 25.8 Å². The normalized spacial score (nSPS) is 19.8. The molecule has 0 amide bonds. The fraction of sp³-hybridized carbons (Fsp3) is 0.350. The minimum atomic E-state index is -4.54. The lowest BCUT2D eigenvalue weighted by Gasteiger charge is -2.39. The molecule has 1 aliphatic heterocycles. The third kappa shape index (κ3) is 3.49. The number of nitrogens with one attached hydrogen (secondary N) is 1. The Labute approximate surface area is 175 Å². The average molecular weight is 428 g/mol. The second kappa shape index (κ2) is 7.33. The minimum absolute atomic E-state index is 0.132. The molecule has 2 atom stereocenters. The van der Waals surface area contributed by atoms with E-state index in [1.54, 1.807) is 18.6 Å². The van der Waals surface area contributed by atoms with Crippen LogP contribution in [-0.2, 0) is 6.18 Å². The Morgan fingerprint density at radius 2 is 2.00 bits per heavy atom. The molecule has 4 aromatic heterocycles. The molecule has 0 bridgehead atoms. The van der Waals surface area contributed by atoms with Crippen LogP contribution in [0.1, 0.15) is 37.1 Å². The van der Waals surface area contributed by atoms with Gasteiger partial charge in [0.2, 0.25) is 5.95 Å². The highest BCUT2D eigenvalue weighted by molar-refractivity contribution is 5.60. The van der Waals surface area contributed by atoms with Crippen LogP contribution >= 0.6 is 0 Å². The van der Waals surface area contributed by atoms with E-state index in [4.69, 9.17) is 0 Å². The number of imidazole rings is 2. The van der Waals surface area contributed by atoms with Crippen LogP contribution < -0.4 is 4.90 Å². The maximum atomic E-state index is 13.1. The number of anilines is 1. The predicted molar refractivity (Wildman–Crippen MR) is 106 cm³/mol. The van der Waals surface area contributed by atoms with Crippen molar-refractivity contribution in [1.82, 2.24) is 34.3 Å². The third-order valence-corrected chi connectivity index (χ3v) is 5.76. The van der Waals surface area contributed by atoms with Gasteiger partial charge in [-0.25, -0.2) is 24.9 Å². The Morgan fingerprint density at radius 1 is 1.13 bits per heavy atom. The van der Waals surface area contributed by atoms with Crippen molar-refractivity contribution >= 4 is 11.6 Å². The second-order valence-corrected chi connectivity index (χ2v) is 7.57. The lowest BCUT2D eigenvalue weighted by atomic mass is 9.88. The number of hydrogen-bond donors (Lipinski definition) is 1. The number of hydrogen-bond acceptors (Lipinski definition) is 6. The summed E-state index contributed by atoms with van der Waals surface area (Å²) in [5, 5.41) is 0. The first-order valence-electron chi connectivity index (χ1n) is 9.90. The minimum Gasteiger partial charge on any atom is -0.348 e. The first-order chi connectivity index (χ1) is 14.9. The zero-order valence-electron chi connectivity index (χ0n) is 16.6. The molecule has 1 saturated heterocycles. The maximum Gasteiger partial charge on any atom is 0.434 e. The standard InChI is InChI=1S/C20H19F3N8/c1-12-13(15-7-24-11-28-15)3-2-6-30(12)19-25-5-4-14(29-19)16-8-27-18-9-26-17(10-31(16)18)20(21,22)23/h4-5,7-13H,2-3,6H2,1H3,(H,24,28). The summed E-state index contributed by atoms with van der Waals surface area (Å²) < 4.78 is 40.7. The Bertz CT molecular complexity index is 1200. The topological polar surface area (TPSA) is 87.9 Å². The van der Waals surface area contributed by atoms with Gasteiger partial charge in [-0.1, -0.05) is 0 Å². The molecule has 31 heavy (non-hydrogen) atoms. The van der Waals surface area contributed by atoms with E-state index in [1.165, 1.54) is 10.6 Å². The molecule has 4 aromatic rings. The molecule has 1 fully saturated rings. The summed E-state index contributed by atoms with van der Waals surface area (Å²) in [6.45, 7) is 2.92. The fourth-order valence-electron chi connectivity index (χ4n) is 4.17. The van der Waals surface area contributed by atoms with E-state index in [9.17, 15) is 13.2 Å². The van der Waals surface area contributed by atoms with Crippen molar-refractivity contribution < 1.29 is 13.2 Å². The lowest BCUT2D eigenvalue weighted by molar-refractivity contribution is -0.141. The van der Waals surface area contributed by atoms with Crippen LogP contribution in [0.25, 0.3) is 17.0 Å². The molecule has 0 aromatic carbocycles. The molecule has 2 unspecified atom stereocenters. The molecule has 8 nitrogen and oxygen atoms in total. The molecule has 0 radical (unpaired) electrons. The molecular weight excluding hydrogens is 409 g/mol. The monoisotopic (exact) mass is 428 g/mol. The highest BCUT2D eigenvalue weighted by Gasteiger charge is 2.34. The van der Waals surface area contributed by atoms with Crippen molar-refractivity contribution in [2.45, 2.75) is 37.9 Å². The van der Waals surface area contributed by atoms with Crippen LogP contribution in [0, 0.1) is 0 Å². The lowest BCUT2D eigenvalue weighted by Crippen LogP contribution is -2.43. The van der Waals surface area contributed by atoms with E-state index in [1.807, 2.05) is 6.20 Å². The molecule has 5 heterocycles. The maximum absolute atomic E-state index is 13.1. The average Bonchev–Trinajstić information content (AvgIpc) is 3.43. The van der Waals surface area contributed by atoms with E-state index in [2.05, 4.69) is 41.7 Å². The molecule has 11 heteroatoms. The van der Waals surface area contributed by atoms with Gasteiger partial charge < -0.3 is 9.88 Å². The van der Waals surface area contributed by atoms with Gasteiger partial charge in [0.05, 0.1) is 30.1 Å². The van der Waals surface area contributed by atoms with Gasteiger partial charge in [-0.15, -0.1) is 0 Å². The number of fused-ring (bicyclic) bond motifs is 1. The Morgan fingerprint density at radius 3 is 2.77 bits per heavy atom. The van der Waals surface area contributed by atoms with Crippen LogP contribution in [0.4, 0.5) is 19.1 Å². The van der Waals surface area contributed by atoms with Crippen molar-refractivity contribution in [2.75, 3.05) is 11.4 Å². The quantitative estimate of drug-likeness (QED) is 0.535. The van der Waals surface area contributed by atoms with E-state index >= 15 is 0 Å². The van der Waals surface area contributed by atoms with Gasteiger partial charge in [0, 0.05) is 42.8 Å². The van der Waals surface area contributed by atoms with Gasteiger partial charge in [0.15, 0.2) is 11.3 Å². The first kappa shape index (κ1) is 19.5. The van der Waals surface area contributed by atoms with Crippen molar-refractivity contribution in [3.63, 3.8) is 0 Å². The molecule has 160 valence electrons. The summed E-state index contributed by atoms with van der Waals surface area (Å²) in [5.41, 5.74) is 1.34. The van der Waals surface area contributed by atoms with E-state index in [0.717, 1.165) is 37.5 Å². The van der Waals surface area contributed by atoms with Gasteiger partial charge in [-0.2, -0.15) is 13.2 Å². The SMILES string of the molecule is CC1C(c2cnc[nH]2)CCCN1c1nccc(-c2cnc3cnc(C(F)(F)F)cn23)n1. The van der Waals surface area contributed by atoms with Gasteiger partial charge in [0.1, 0.15) is 0 Å². The molecular formula is C20H19F3N8. The Kier molecular flexibility index (Phi) is 4.60. The van der Waals surface area contributed by atoms with Crippen LogP contribution in [0.15, 0.2) is 43.4 Å². The summed E-state index contributed by atoms with van der Waals surface area (Å²) in [4.78, 5) is 26.2. The molecule has 5 rings (SSSR count). The number of halogens is 3. The first-order valence-corrected chi connectivity index (χ1v) is 9.90. The number of aromatic amines is 1. The van der Waals surface area contributed by atoms with E-state index in [0.29, 0.717) is 23.0 Å². The number of piperidine rings is 1. The van der Waals surface area contributed by atoms with Crippen LogP contribution in [0.5, 0.6) is 0 Å². The third-order valence-electron chi connectivity index (χ3n) is 5.76. The molecule has 0 saturated carbocycles. The molecule has 0 spiro atoms. The van der Waals surface area contributed by atoms with Gasteiger partial charge in [-0.3, -0.25) is 4.40 Å². The summed E-state index contributed by atoms with van der Waals surface area (Å²) in [7, 11) is 0. The number of aromatic nitrogens is 7. The van der Waals surface area contributed by atoms with Crippen LogP contribution in [0.2, 0.25) is 0 Å². The van der Waals surface area contributed by atoms with E-state index in [-0.39, 0.29) is 12.0 Å². The van der Waals surface area contributed by atoms with Crippen molar-refractivity contribution in [1.29, 1.82) is 0 Å². The highest BCUT2D eigenvalue weighted by atomic mass is 19.4. The number of H-pyrrole nitrogens is 1. The summed E-state index contributed by atoms with van der Waals surface area (Å²) >= 11 is 0. The van der Waals surface area contributed by atoms with Gasteiger partial charge in [0.25, 0.3) is 0 Å². The van der Waals surface area contributed by atoms with Crippen molar-refractivity contribution in [3.05, 3.63) is 54.8 Å². The predicted octanol–water partition coefficient (Wildman–Crippen LogP) is 3.70. The Hall–Kier alpha value is -3.50. The highest BCUT2D eigenvalue weighted by Crippen LogP contribution is 2.34. The summed E-state index contributed by atoms with van der Waals surface area (Å²) in [6.07, 6.45) is 6.13. The fourth-order valence-corrected chi connectivity index (χ4v) is 4.17. The number of alkyl halides is 3. The zero-order chi connectivity index (χ0) is 21.6. The number of rotatable bonds is 3. The van der Waals surface area contributed by atoms with E-state index < -0.39 is 11.9 Å². The molecule has 0 aliphatic carbocycles. The molecule has 1 N–H and O–H groups in total. The largest absolute Gasteiger partial charge is 0.434 e. The van der Waals surface area contributed by atoms with Gasteiger partial charge >= 0.3 is 6.18 Å². The summed E-state index contributed by atoms with van der Waals surface area (Å²) in [6, 6.07) is 1.80.